The Morgan fingerprint density at radius 2 is 1.57 bits per heavy atom. The fourth-order valence-electron chi connectivity index (χ4n) is 6.81. The highest BCUT2D eigenvalue weighted by molar-refractivity contribution is 6.70. The Morgan fingerprint density at radius 3 is 2.08 bits per heavy atom. The number of ketones is 1. The molecule has 0 N–H and O–H groups in total. The van der Waals surface area contributed by atoms with E-state index >= 15 is 0 Å². The van der Waals surface area contributed by atoms with Gasteiger partial charge in [-0.3, -0.25) is 4.79 Å². The first kappa shape index (κ1) is 26.9. The molecule has 3 nitrogen and oxygen atoms in total. The molecule has 0 bridgehead atoms. The van der Waals surface area contributed by atoms with E-state index < -0.39 is 71.6 Å². The van der Waals surface area contributed by atoms with Gasteiger partial charge in [0, 0.05) is 20.6 Å². The lowest BCUT2D eigenvalue weighted by Gasteiger charge is -2.43. The van der Waals surface area contributed by atoms with Crippen LogP contribution in [0, 0.1) is 23.2 Å². The maximum atomic E-state index is 14.2. The zero-order valence-electron chi connectivity index (χ0n) is 30.7. The second-order valence-electron chi connectivity index (χ2n) is 13.8. The SMILES string of the molecule is [2H]C([2H])([2H])C(CCC[C@@H](C/C=C/C(O[Si](C)(C)C)(C(F)(F)F)C(F)(F)F)[C@H]1CC[C@H]2C(=O)CCC[C@]12C)(O[Si](C)(C)C)C([2H])([2H])[2H]. The number of carbonyl (C=O) groups is 1. The van der Waals surface area contributed by atoms with E-state index in [0.717, 1.165) is 6.08 Å². The zero-order chi connectivity index (χ0) is 36.0. The van der Waals surface area contributed by atoms with Crippen molar-refractivity contribution >= 4 is 22.4 Å². The van der Waals surface area contributed by atoms with Gasteiger partial charge in [-0.1, -0.05) is 19.4 Å². The highest BCUT2D eigenvalue weighted by Gasteiger charge is 2.71. The molecule has 0 spiro atoms. The van der Waals surface area contributed by atoms with Crippen molar-refractivity contribution in [3.8, 4) is 0 Å². The zero-order valence-corrected chi connectivity index (χ0v) is 26.7. The van der Waals surface area contributed by atoms with Gasteiger partial charge in [-0.05, 0) is 121 Å². The van der Waals surface area contributed by atoms with Gasteiger partial charge in [0.1, 0.15) is 5.78 Å². The molecule has 0 aromatic rings. The molecular formula is C29H50F6O3Si2. The molecule has 4 atom stereocenters. The van der Waals surface area contributed by atoms with Gasteiger partial charge in [-0.25, -0.2) is 0 Å². The molecule has 40 heavy (non-hydrogen) atoms. The Morgan fingerprint density at radius 1 is 1.00 bits per heavy atom. The average molecular weight is 623 g/mol. The molecule has 0 heterocycles. The lowest BCUT2D eigenvalue weighted by Crippen LogP contribution is -2.61. The number of allylic oxidation sites excluding steroid dienone is 1. The normalized spacial score (nSPS) is 29.3. The van der Waals surface area contributed by atoms with Crippen LogP contribution in [-0.2, 0) is 13.6 Å². The summed E-state index contributed by atoms with van der Waals surface area (Å²) in [5.74, 6) is -1.00. The molecule has 2 aliphatic carbocycles. The molecule has 2 aliphatic rings. The van der Waals surface area contributed by atoms with E-state index in [-0.39, 0.29) is 43.0 Å². The van der Waals surface area contributed by atoms with Crippen LogP contribution in [0.3, 0.4) is 0 Å². The van der Waals surface area contributed by atoms with Gasteiger partial charge in [-0.2, -0.15) is 26.3 Å². The van der Waals surface area contributed by atoms with Crippen LogP contribution in [0.4, 0.5) is 26.3 Å². The van der Waals surface area contributed by atoms with E-state index in [9.17, 15) is 31.1 Å². The quantitative estimate of drug-likeness (QED) is 0.123. The van der Waals surface area contributed by atoms with Gasteiger partial charge >= 0.3 is 12.4 Å². The van der Waals surface area contributed by atoms with Gasteiger partial charge < -0.3 is 8.85 Å². The first-order chi connectivity index (χ1) is 20.3. The smallest absolute Gasteiger partial charge is 0.413 e. The first-order valence-electron chi connectivity index (χ1n) is 17.1. The van der Waals surface area contributed by atoms with Crippen molar-refractivity contribution in [2.45, 2.75) is 141 Å². The average Bonchev–Trinajstić information content (AvgIpc) is 3.15. The van der Waals surface area contributed by atoms with Crippen LogP contribution in [0.5, 0.6) is 0 Å². The number of alkyl halides is 6. The number of hydrogen-bond acceptors (Lipinski definition) is 3. The fraction of sp³-hybridized carbons (Fsp3) is 0.897. The molecule has 234 valence electrons. The molecule has 0 aromatic heterocycles. The van der Waals surface area contributed by atoms with Crippen molar-refractivity contribution in [3.05, 3.63) is 12.2 Å². The van der Waals surface area contributed by atoms with E-state index in [1.54, 1.807) is 19.6 Å². The maximum absolute atomic E-state index is 14.2. The molecule has 0 amide bonds. The summed E-state index contributed by atoms with van der Waals surface area (Å²) in [7, 11) is -6.15. The van der Waals surface area contributed by atoms with E-state index in [1.165, 1.54) is 19.6 Å². The van der Waals surface area contributed by atoms with E-state index in [4.69, 9.17) is 17.1 Å². The molecule has 0 saturated heterocycles. The molecule has 0 unspecified atom stereocenters. The molecule has 0 aliphatic heterocycles. The minimum absolute atomic E-state index is 0.0138. The van der Waals surface area contributed by atoms with Crippen molar-refractivity contribution in [2.24, 2.45) is 23.2 Å². The van der Waals surface area contributed by atoms with E-state index in [1.807, 2.05) is 6.92 Å². The number of rotatable bonds is 12. The summed E-state index contributed by atoms with van der Waals surface area (Å²) in [5.41, 5.74) is -7.55. The van der Waals surface area contributed by atoms with Crippen LogP contribution in [0.15, 0.2) is 12.2 Å². The van der Waals surface area contributed by atoms with E-state index in [2.05, 4.69) is 0 Å². The van der Waals surface area contributed by atoms with Gasteiger partial charge in [0.05, 0.1) is 5.60 Å². The number of carbonyl (C=O) groups excluding carboxylic acids is 1. The topological polar surface area (TPSA) is 35.5 Å². The van der Waals surface area contributed by atoms with Crippen LogP contribution in [0.2, 0.25) is 39.3 Å². The highest BCUT2D eigenvalue weighted by Crippen LogP contribution is 2.58. The van der Waals surface area contributed by atoms with Gasteiger partial charge in [0.15, 0.2) is 16.6 Å². The molecule has 0 radical (unpaired) electrons. The third-order valence-corrected chi connectivity index (χ3v) is 10.1. The minimum Gasteiger partial charge on any atom is -0.413 e. The minimum atomic E-state index is -5.80. The summed E-state index contributed by atoms with van der Waals surface area (Å²) < 4.78 is 145. The van der Waals surface area contributed by atoms with Crippen molar-refractivity contribution in [1.29, 1.82) is 0 Å². The van der Waals surface area contributed by atoms with Crippen molar-refractivity contribution in [2.75, 3.05) is 0 Å². The number of hydrogen-bond donors (Lipinski definition) is 0. The van der Waals surface area contributed by atoms with Crippen LogP contribution >= 0.6 is 0 Å². The van der Waals surface area contributed by atoms with Crippen LogP contribution in [0.25, 0.3) is 0 Å². The molecule has 2 saturated carbocycles. The summed E-state index contributed by atoms with van der Waals surface area (Å²) in [6.45, 7) is 4.58. The maximum Gasteiger partial charge on any atom is 0.429 e. The lowest BCUT2D eigenvalue weighted by molar-refractivity contribution is -0.340. The second kappa shape index (κ2) is 12.1. The fourth-order valence-corrected chi connectivity index (χ4v) is 9.22. The standard InChI is InChI=1S/C29H50F6O3Si2/c1-25(2,37-39(4,5)6)18-10-13-21(22-16-17-23-24(36)15-12-19-26(22,23)3)14-11-20-27(28(30,31)32,29(33,34)35)38-40(7,8)9/h11,20-23H,10,12-19H2,1-9H3/b20-11+/t21-,22+,23-,26+/m0/s1/i1D3,2D3. The third-order valence-electron chi connectivity index (χ3n) is 8.19. The van der Waals surface area contributed by atoms with Crippen molar-refractivity contribution in [3.63, 3.8) is 0 Å². The predicted molar refractivity (Wildman–Crippen MR) is 152 cm³/mol. The summed E-state index contributed by atoms with van der Waals surface area (Å²) in [5, 5.41) is 0. The molecule has 2 fully saturated rings. The molecule has 0 aromatic carbocycles. The Hall–Kier alpha value is -0.656. The Labute approximate surface area is 247 Å². The Bertz CT molecular complexity index is 1070. The van der Waals surface area contributed by atoms with Crippen LogP contribution in [0.1, 0.15) is 86.6 Å². The largest absolute Gasteiger partial charge is 0.429 e. The van der Waals surface area contributed by atoms with Gasteiger partial charge in [0.2, 0.25) is 0 Å². The van der Waals surface area contributed by atoms with Crippen molar-refractivity contribution in [1.82, 2.24) is 0 Å². The summed E-state index contributed by atoms with van der Waals surface area (Å²) in [6, 6.07) is 0. The van der Waals surface area contributed by atoms with Crippen molar-refractivity contribution < 1.29 is 48.2 Å². The number of fused-ring (bicyclic) bond motifs is 1. The summed E-state index contributed by atoms with van der Waals surface area (Å²) in [4.78, 5) is 12.8. The highest BCUT2D eigenvalue weighted by atomic mass is 28.4. The molecule has 11 heteroatoms. The summed E-state index contributed by atoms with van der Waals surface area (Å²) in [6.07, 6.45) is -8.46. The van der Waals surface area contributed by atoms with Crippen LogP contribution < -0.4 is 0 Å². The number of halogens is 6. The molecular weight excluding hydrogens is 566 g/mol. The van der Waals surface area contributed by atoms with E-state index in [0.29, 0.717) is 32.1 Å². The predicted octanol–water partition coefficient (Wildman–Crippen LogP) is 9.85. The van der Waals surface area contributed by atoms with Gasteiger partial charge in [-0.15, -0.1) is 0 Å². The second-order valence-corrected chi connectivity index (χ2v) is 22.7. The number of Topliss-reactive ketones (excluding diaryl/α,β-unsaturated/α-hetero) is 1. The summed E-state index contributed by atoms with van der Waals surface area (Å²) >= 11 is 0. The third kappa shape index (κ3) is 8.69. The monoisotopic (exact) mass is 622 g/mol. The van der Waals surface area contributed by atoms with Gasteiger partial charge in [0.25, 0.3) is 5.60 Å². The van der Waals surface area contributed by atoms with Crippen LogP contribution in [-0.4, -0.2) is 46.0 Å². The Kier molecular flexibility index (Phi) is 8.18. The first-order valence-corrected chi connectivity index (χ1v) is 20.9. The lowest BCUT2D eigenvalue weighted by atomic mass is 9.61. The molecule has 2 rings (SSSR count). The Balaban J connectivity index is 2.56.